The molecule has 1 aliphatic rings. The lowest BCUT2D eigenvalue weighted by atomic mass is 9.95. The van der Waals surface area contributed by atoms with Gasteiger partial charge < -0.3 is 4.74 Å². The van der Waals surface area contributed by atoms with Gasteiger partial charge in [0.15, 0.2) is 0 Å². The van der Waals surface area contributed by atoms with Gasteiger partial charge in [0.1, 0.15) is 11.5 Å². The minimum atomic E-state index is 0.294. The van der Waals surface area contributed by atoms with Crippen LogP contribution >= 0.6 is 0 Å². The molecule has 0 spiro atoms. The van der Waals surface area contributed by atoms with Crippen molar-refractivity contribution in [2.24, 2.45) is 0 Å². The fourth-order valence-electron chi connectivity index (χ4n) is 3.28. The Balaban J connectivity index is 2.21. The number of carbonyl (C=O) groups excluding carboxylic acids is 1. The lowest BCUT2D eigenvalue weighted by molar-refractivity contribution is -0.117. The van der Waals surface area contributed by atoms with Gasteiger partial charge in [-0.1, -0.05) is 36.4 Å². The number of carbonyl (C=O) groups is 1. The van der Waals surface area contributed by atoms with Crippen LogP contribution in [0.4, 0.5) is 0 Å². The van der Waals surface area contributed by atoms with Gasteiger partial charge in [0.2, 0.25) is 0 Å². The van der Waals surface area contributed by atoms with Crippen LogP contribution in [-0.4, -0.2) is 12.9 Å². The highest BCUT2D eigenvalue weighted by atomic mass is 16.5. The first-order valence-electron chi connectivity index (χ1n) is 6.80. The smallest absolute Gasteiger partial charge is 0.141 e. The predicted octanol–water partition coefficient (Wildman–Crippen LogP) is 3.67. The van der Waals surface area contributed by atoms with Crippen molar-refractivity contribution in [3.05, 3.63) is 53.6 Å². The van der Waals surface area contributed by atoms with E-state index >= 15 is 0 Å². The molecule has 0 atom stereocenters. The van der Waals surface area contributed by atoms with Crippen molar-refractivity contribution in [3.8, 4) is 5.75 Å². The summed E-state index contributed by atoms with van der Waals surface area (Å²) < 4.78 is 5.58. The monoisotopic (exact) mass is 262 g/mol. The molecule has 0 amide bonds. The van der Waals surface area contributed by atoms with Crippen molar-refractivity contribution in [1.82, 2.24) is 0 Å². The normalized spacial score (nSPS) is 13.9. The maximum Gasteiger partial charge on any atom is 0.141 e. The number of Topliss-reactive ketones (excluding diaryl/α,β-unsaturated/α-hetero) is 1. The second-order valence-corrected chi connectivity index (χ2v) is 5.32. The van der Waals surface area contributed by atoms with Crippen LogP contribution in [0.2, 0.25) is 0 Å². The Morgan fingerprint density at radius 2 is 1.85 bits per heavy atom. The van der Waals surface area contributed by atoms with Crippen LogP contribution in [0.1, 0.15) is 11.1 Å². The molecular formula is C18H14O2. The third-order valence-corrected chi connectivity index (χ3v) is 4.17. The molecule has 2 nitrogen and oxygen atoms in total. The summed E-state index contributed by atoms with van der Waals surface area (Å²) in [6.45, 7) is 0. The Labute approximate surface area is 117 Å². The molecule has 0 unspecified atom stereocenters. The van der Waals surface area contributed by atoms with E-state index in [1.807, 2.05) is 18.2 Å². The molecule has 3 aromatic rings. The molecule has 0 heterocycles. The fourth-order valence-corrected chi connectivity index (χ4v) is 3.28. The van der Waals surface area contributed by atoms with Gasteiger partial charge in [-0.05, 0) is 33.4 Å². The number of hydrogen-bond acceptors (Lipinski definition) is 2. The van der Waals surface area contributed by atoms with E-state index in [0.29, 0.717) is 18.6 Å². The summed E-state index contributed by atoms with van der Waals surface area (Å²) in [5.74, 6) is 1.16. The van der Waals surface area contributed by atoms with Gasteiger partial charge in [0.05, 0.1) is 7.11 Å². The summed E-state index contributed by atoms with van der Waals surface area (Å²) in [7, 11) is 1.69. The number of methoxy groups -OCH3 is 1. The number of rotatable bonds is 1. The molecule has 98 valence electrons. The maximum absolute atomic E-state index is 11.8. The molecular weight excluding hydrogens is 248 g/mol. The number of benzene rings is 3. The summed E-state index contributed by atoms with van der Waals surface area (Å²) in [6, 6.07) is 14.6. The largest absolute Gasteiger partial charge is 0.496 e. The first-order chi connectivity index (χ1) is 9.78. The highest BCUT2D eigenvalue weighted by molar-refractivity contribution is 6.13. The van der Waals surface area contributed by atoms with E-state index in [2.05, 4.69) is 24.3 Å². The second-order valence-electron chi connectivity index (χ2n) is 5.32. The molecule has 4 rings (SSSR count). The zero-order valence-electron chi connectivity index (χ0n) is 11.3. The maximum atomic E-state index is 11.8. The molecule has 3 aromatic carbocycles. The molecule has 20 heavy (non-hydrogen) atoms. The molecule has 2 heteroatoms. The van der Waals surface area contributed by atoms with Crippen LogP contribution in [0, 0.1) is 0 Å². The predicted molar refractivity (Wildman–Crippen MR) is 80.4 cm³/mol. The van der Waals surface area contributed by atoms with E-state index < -0.39 is 0 Å². The molecule has 0 radical (unpaired) electrons. The summed E-state index contributed by atoms with van der Waals surface area (Å²) in [6.07, 6.45) is 1.09. The van der Waals surface area contributed by atoms with E-state index in [9.17, 15) is 4.79 Å². The van der Waals surface area contributed by atoms with Crippen LogP contribution in [0.3, 0.4) is 0 Å². The van der Waals surface area contributed by atoms with Crippen LogP contribution < -0.4 is 4.74 Å². The molecule has 0 aromatic heterocycles. The van der Waals surface area contributed by atoms with Crippen LogP contribution in [0.25, 0.3) is 21.5 Å². The summed E-state index contributed by atoms with van der Waals surface area (Å²) >= 11 is 0. The molecule has 0 saturated carbocycles. The molecule has 0 N–H and O–H groups in total. The minimum absolute atomic E-state index is 0.294. The Hall–Kier alpha value is -2.35. The molecule has 0 fully saturated rings. The van der Waals surface area contributed by atoms with Crippen LogP contribution in [0.15, 0.2) is 42.5 Å². The number of hydrogen-bond donors (Lipinski definition) is 0. The van der Waals surface area contributed by atoms with Gasteiger partial charge in [0.25, 0.3) is 0 Å². The Kier molecular flexibility index (Phi) is 2.34. The van der Waals surface area contributed by atoms with E-state index in [0.717, 1.165) is 22.1 Å². The van der Waals surface area contributed by atoms with Crippen molar-refractivity contribution in [2.45, 2.75) is 12.8 Å². The Morgan fingerprint density at radius 3 is 2.70 bits per heavy atom. The van der Waals surface area contributed by atoms with E-state index in [-0.39, 0.29) is 0 Å². The van der Waals surface area contributed by atoms with Gasteiger partial charge in [-0.2, -0.15) is 0 Å². The van der Waals surface area contributed by atoms with Crippen molar-refractivity contribution < 1.29 is 9.53 Å². The average molecular weight is 262 g/mol. The van der Waals surface area contributed by atoms with Crippen molar-refractivity contribution >= 4 is 27.3 Å². The summed E-state index contributed by atoms with van der Waals surface area (Å²) in [4.78, 5) is 11.8. The van der Waals surface area contributed by atoms with E-state index in [1.54, 1.807) is 7.11 Å². The minimum Gasteiger partial charge on any atom is -0.496 e. The third kappa shape index (κ3) is 1.48. The number of ether oxygens (including phenoxy) is 1. The highest BCUT2D eigenvalue weighted by Crippen LogP contribution is 2.39. The van der Waals surface area contributed by atoms with Gasteiger partial charge in [0, 0.05) is 18.2 Å². The third-order valence-electron chi connectivity index (χ3n) is 4.17. The van der Waals surface area contributed by atoms with Crippen LogP contribution in [0.5, 0.6) is 5.75 Å². The standard InChI is InChI=1S/C18H14O2/c1-20-17-9-12-8-13(19)10-16(12)15-7-6-11-4-2-3-5-14(11)18(15)17/h2-7,9H,8,10H2,1H3. The van der Waals surface area contributed by atoms with Crippen LogP contribution in [-0.2, 0) is 17.6 Å². The lowest BCUT2D eigenvalue weighted by Crippen LogP contribution is -1.93. The van der Waals surface area contributed by atoms with Crippen molar-refractivity contribution in [1.29, 1.82) is 0 Å². The van der Waals surface area contributed by atoms with Gasteiger partial charge in [-0.15, -0.1) is 0 Å². The van der Waals surface area contributed by atoms with E-state index in [1.165, 1.54) is 16.3 Å². The van der Waals surface area contributed by atoms with Crippen molar-refractivity contribution in [3.63, 3.8) is 0 Å². The quantitative estimate of drug-likeness (QED) is 0.625. The van der Waals surface area contributed by atoms with Gasteiger partial charge in [-0.25, -0.2) is 0 Å². The summed E-state index contributed by atoms with van der Waals surface area (Å²) in [5.41, 5.74) is 2.30. The first kappa shape index (κ1) is 11.5. The molecule has 0 bridgehead atoms. The topological polar surface area (TPSA) is 26.3 Å². The zero-order chi connectivity index (χ0) is 13.7. The zero-order valence-corrected chi connectivity index (χ0v) is 11.3. The Bertz CT molecular complexity index is 862. The summed E-state index contributed by atoms with van der Waals surface area (Å²) in [5, 5.41) is 4.66. The SMILES string of the molecule is COc1cc2c(c3ccc4ccccc4c13)CC(=O)C2. The van der Waals surface area contributed by atoms with Crippen molar-refractivity contribution in [2.75, 3.05) is 7.11 Å². The first-order valence-corrected chi connectivity index (χ1v) is 6.80. The lowest BCUT2D eigenvalue weighted by Gasteiger charge is -2.13. The average Bonchev–Trinajstić information content (AvgIpc) is 2.86. The molecule has 1 aliphatic carbocycles. The second kappa shape index (κ2) is 4.07. The molecule has 0 saturated heterocycles. The van der Waals surface area contributed by atoms with Gasteiger partial charge >= 0.3 is 0 Å². The number of ketones is 1. The highest BCUT2D eigenvalue weighted by Gasteiger charge is 2.23. The fraction of sp³-hybridized carbons (Fsp3) is 0.167. The van der Waals surface area contributed by atoms with E-state index in [4.69, 9.17) is 4.74 Å². The van der Waals surface area contributed by atoms with Gasteiger partial charge in [-0.3, -0.25) is 4.79 Å². The molecule has 0 aliphatic heterocycles. The Morgan fingerprint density at radius 1 is 1.00 bits per heavy atom. The number of fused-ring (bicyclic) bond motifs is 5.